The molecule has 0 unspecified atom stereocenters. The van der Waals surface area contributed by atoms with Crippen molar-refractivity contribution in [3.63, 3.8) is 0 Å². The van der Waals surface area contributed by atoms with Crippen molar-refractivity contribution in [3.05, 3.63) is 51.7 Å². The lowest BCUT2D eigenvalue weighted by Gasteiger charge is -2.08. The maximum Gasteiger partial charge on any atom is 0.120 e. The Bertz CT molecular complexity index is 505. The lowest BCUT2D eigenvalue weighted by molar-refractivity contribution is 0.180. The molecule has 3 rings (SSSR count). The van der Waals surface area contributed by atoms with Crippen LogP contribution in [-0.2, 0) is 13.0 Å². The summed E-state index contributed by atoms with van der Waals surface area (Å²) >= 11 is 1.68. The van der Waals surface area contributed by atoms with Gasteiger partial charge in [0.15, 0.2) is 0 Å². The van der Waals surface area contributed by atoms with Gasteiger partial charge in [0.05, 0.1) is 6.10 Å². The molecule has 3 heteroatoms. The Balaban J connectivity index is 1.72. The Morgan fingerprint density at radius 3 is 3.12 bits per heavy atom. The molecule has 1 aromatic heterocycles. The highest BCUT2D eigenvalue weighted by atomic mass is 32.1. The van der Waals surface area contributed by atoms with Crippen LogP contribution in [0.3, 0.4) is 0 Å². The topological polar surface area (TPSA) is 29.5 Å². The molecule has 0 bridgehead atoms. The van der Waals surface area contributed by atoms with Crippen LogP contribution in [0.4, 0.5) is 0 Å². The van der Waals surface area contributed by atoms with Crippen LogP contribution in [-0.4, -0.2) is 5.11 Å². The number of aliphatic hydroxyl groups excluding tert-OH is 1. The molecular formula is C14H14O2S. The zero-order valence-corrected chi connectivity index (χ0v) is 10.2. The van der Waals surface area contributed by atoms with Crippen LogP contribution in [0, 0.1) is 0 Å². The summed E-state index contributed by atoms with van der Waals surface area (Å²) < 4.78 is 5.74. The largest absolute Gasteiger partial charge is 0.489 e. The number of rotatable bonds is 3. The third-order valence-electron chi connectivity index (χ3n) is 3.15. The summed E-state index contributed by atoms with van der Waals surface area (Å²) in [5, 5.41) is 13.9. The molecule has 1 aliphatic carbocycles. The van der Waals surface area contributed by atoms with E-state index < -0.39 is 0 Å². The quantitative estimate of drug-likeness (QED) is 0.900. The number of benzene rings is 1. The fourth-order valence-corrected chi connectivity index (χ4v) is 2.86. The standard InChI is InChI=1S/C14H14O2S/c15-14-4-1-11-7-12(2-3-13(11)14)16-8-10-5-6-17-9-10/h2-3,5-7,9,14-15H,1,4,8H2/t14-/m0/s1. The second-order valence-corrected chi connectivity index (χ2v) is 5.12. The molecule has 0 saturated heterocycles. The fraction of sp³-hybridized carbons (Fsp3) is 0.286. The molecule has 2 aromatic rings. The minimum absolute atomic E-state index is 0.282. The second-order valence-electron chi connectivity index (χ2n) is 4.34. The summed E-state index contributed by atoms with van der Waals surface area (Å²) in [4.78, 5) is 0. The summed E-state index contributed by atoms with van der Waals surface area (Å²) in [7, 11) is 0. The van der Waals surface area contributed by atoms with Crippen LogP contribution in [0.2, 0.25) is 0 Å². The van der Waals surface area contributed by atoms with E-state index in [1.807, 2.05) is 12.1 Å². The summed E-state index contributed by atoms with van der Waals surface area (Å²) in [6, 6.07) is 8.05. The average Bonchev–Trinajstić information content (AvgIpc) is 2.97. The van der Waals surface area contributed by atoms with Crippen LogP contribution in [0.15, 0.2) is 35.0 Å². The number of aryl methyl sites for hydroxylation is 1. The molecule has 1 N–H and O–H groups in total. The van der Waals surface area contributed by atoms with Gasteiger partial charge in [-0.25, -0.2) is 0 Å². The number of aliphatic hydroxyl groups is 1. The molecule has 0 spiro atoms. The first-order chi connectivity index (χ1) is 8.33. The Kier molecular flexibility index (Phi) is 2.87. The highest BCUT2D eigenvalue weighted by Gasteiger charge is 2.20. The number of thiophene rings is 1. The van der Waals surface area contributed by atoms with E-state index in [1.165, 1.54) is 11.1 Å². The van der Waals surface area contributed by atoms with E-state index in [0.29, 0.717) is 6.61 Å². The van der Waals surface area contributed by atoms with E-state index in [9.17, 15) is 5.11 Å². The summed E-state index contributed by atoms with van der Waals surface area (Å²) in [6.07, 6.45) is 1.51. The van der Waals surface area contributed by atoms with Crippen molar-refractivity contribution in [1.82, 2.24) is 0 Å². The molecule has 1 aliphatic rings. The van der Waals surface area contributed by atoms with Gasteiger partial charge in [0, 0.05) is 0 Å². The Morgan fingerprint density at radius 2 is 2.29 bits per heavy atom. The van der Waals surface area contributed by atoms with Crippen LogP contribution < -0.4 is 4.74 Å². The maximum absolute atomic E-state index is 9.71. The molecule has 0 radical (unpaired) electrons. The third-order valence-corrected chi connectivity index (χ3v) is 3.88. The monoisotopic (exact) mass is 246 g/mol. The van der Waals surface area contributed by atoms with E-state index >= 15 is 0 Å². The smallest absolute Gasteiger partial charge is 0.120 e. The van der Waals surface area contributed by atoms with Gasteiger partial charge >= 0.3 is 0 Å². The minimum Gasteiger partial charge on any atom is -0.489 e. The van der Waals surface area contributed by atoms with Crippen molar-refractivity contribution < 1.29 is 9.84 Å². The maximum atomic E-state index is 9.71. The SMILES string of the molecule is O[C@H]1CCc2cc(OCc3ccsc3)ccc21. The van der Waals surface area contributed by atoms with Gasteiger partial charge in [-0.05, 0) is 58.5 Å². The van der Waals surface area contributed by atoms with Gasteiger partial charge in [-0.2, -0.15) is 11.3 Å². The lowest BCUT2D eigenvalue weighted by atomic mass is 10.1. The van der Waals surface area contributed by atoms with Crippen molar-refractivity contribution in [2.75, 3.05) is 0 Å². The molecule has 0 aliphatic heterocycles. The predicted octanol–water partition coefficient (Wildman–Crippen LogP) is 3.31. The van der Waals surface area contributed by atoms with Crippen LogP contribution in [0.5, 0.6) is 5.75 Å². The molecular weight excluding hydrogens is 232 g/mol. The van der Waals surface area contributed by atoms with Gasteiger partial charge in [-0.1, -0.05) is 6.07 Å². The summed E-state index contributed by atoms with van der Waals surface area (Å²) in [5.41, 5.74) is 3.49. The van der Waals surface area contributed by atoms with Gasteiger partial charge in [0.25, 0.3) is 0 Å². The Hall–Kier alpha value is -1.32. The first-order valence-corrected chi connectivity index (χ1v) is 6.72. The fourth-order valence-electron chi connectivity index (χ4n) is 2.20. The van der Waals surface area contributed by atoms with E-state index in [1.54, 1.807) is 11.3 Å². The third kappa shape index (κ3) is 2.21. The lowest BCUT2D eigenvalue weighted by Crippen LogP contribution is -1.95. The van der Waals surface area contributed by atoms with Crippen molar-refractivity contribution in [3.8, 4) is 5.75 Å². The van der Waals surface area contributed by atoms with Gasteiger partial charge < -0.3 is 9.84 Å². The van der Waals surface area contributed by atoms with Crippen LogP contribution in [0.25, 0.3) is 0 Å². The number of fused-ring (bicyclic) bond motifs is 1. The molecule has 1 atom stereocenters. The summed E-state index contributed by atoms with van der Waals surface area (Å²) in [5.74, 6) is 0.893. The number of ether oxygens (including phenoxy) is 1. The van der Waals surface area contributed by atoms with E-state index in [0.717, 1.165) is 24.2 Å². The van der Waals surface area contributed by atoms with E-state index in [4.69, 9.17) is 4.74 Å². The Morgan fingerprint density at radius 1 is 1.35 bits per heavy atom. The molecule has 88 valence electrons. The molecule has 17 heavy (non-hydrogen) atoms. The molecule has 1 heterocycles. The molecule has 0 amide bonds. The van der Waals surface area contributed by atoms with Gasteiger partial charge in [-0.3, -0.25) is 0 Å². The van der Waals surface area contributed by atoms with Gasteiger partial charge in [0.2, 0.25) is 0 Å². The van der Waals surface area contributed by atoms with Crippen molar-refractivity contribution >= 4 is 11.3 Å². The molecule has 2 nitrogen and oxygen atoms in total. The van der Waals surface area contributed by atoms with Crippen molar-refractivity contribution in [2.24, 2.45) is 0 Å². The van der Waals surface area contributed by atoms with Crippen molar-refractivity contribution in [1.29, 1.82) is 0 Å². The Labute approximate surface area is 104 Å². The first-order valence-electron chi connectivity index (χ1n) is 5.78. The molecule has 1 aromatic carbocycles. The first kappa shape index (κ1) is 10.8. The predicted molar refractivity (Wildman–Crippen MR) is 68.4 cm³/mol. The van der Waals surface area contributed by atoms with Crippen molar-refractivity contribution in [2.45, 2.75) is 25.6 Å². The zero-order valence-electron chi connectivity index (χ0n) is 9.43. The average molecular weight is 246 g/mol. The van der Waals surface area contributed by atoms with Gasteiger partial charge in [0.1, 0.15) is 12.4 Å². The highest BCUT2D eigenvalue weighted by molar-refractivity contribution is 7.07. The number of hydrogen-bond acceptors (Lipinski definition) is 3. The zero-order chi connectivity index (χ0) is 11.7. The second kappa shape index (κ2) is 4.51. The number of hydrogen-bond donors (Lipinski definition) is 1. The minimum atomic E-state index is -0.282. The normalized spacial score (nSPS) is 18.1. The summed E-state index contributed by atoms with van der Waals surface area (Å²) in [6.45, 7) is 0.616. The van der Waals surface area contributed by atoms with E-state index in [2.05, 4.69) is 22.9 Å². The van der Waals surface area contributed by atoms with Crippen LogP contribution in [0.1, 0.15) is 29.2 Å². The van der Waals surface area contributed by atoms with E-state index in [-0.39, 0.29) is 6.10 Å². The molecule has 0 saturated carbocycles. The molecule has 0 fully saturated rings. The highest BCUT2D eigenvalue weighted by Crippen LogP contribution is 2.33. The van der Waals surface area contributed by atoms with Crippen LogP contribution >= 0.6 is 11.3 Å². The van der Waals surface area contributed by atoms with Gasteiger partial charge in [-0.15, -0.1) is 0 Å².